The second kappa shape index (κ2) is 8.99. The number of hydrogen-bond donors (Lipinski definition) is 0. The molecule has 0 unspecified atom stereocenters. The van der Waals surface area contributed by atoms with E-state index in [-0.39, 0.29) is 29.6 Å². The third-order valence-corrected chi connectivity index (χ3v) is 0.567. The van der Waals surface area contributed by atoms with E-state index in [1.54, 1.807) is 0 Å². The average Bonchev–Trinajstić information content (AvgIpc) is 1.37. The monoisotopic (exact) mass is 101 g/mol. The Morgan fingerprint density at radius 2 is 1.80 bits per heavy atom. The van der Waals surface area contributed by atoms with Gasteiger partial charge in [0.2, 0.25) is 0 Å². The fourth-order valence-electron chi connectivity index (χ4n) is 0. The van der Waals surface area contributed by atoms with Gasteiger partial charge in [-0.1, -0.05) is 6.92 Å². The molecule has 0 aliphatic heterocycles. The first-order valence-electron chi connectivity index (χ1n) is 1.47. The molecule has 0 fully saturated rings. The van der Waals surface area contributed by atoms with Crippen molar-refractivity contribution in [3.8, 4) is 0 Å². The van der Waals surface area contributed by atoms with Crippen LogP contribution in [0.25, 0.3) is 0 Å². The van der Waals surface area contributed by atoms with Crippen molar-refractivity contribution in [3.63, 3.8) is 0 Å². The number of rotatable bonds is 1. The van der Waals surface area contributed by atoms with Crippen LogP contribution >= 0.6 is 11.6 Å². The van der Waals surface area contributed by atoms with E-state index in [0.29, 0.717) is 0 Å². The van der Waals surface area contributed by atoms with E-state index in [9.17, 15) is 0 Å². The first kappa shape index (κ1) is 9.56. The fourth-order valence-corrected chi connectivity index (χ4v) is 0. The molecule has 0 rings (SSSR count). The second-order valence-corrected chi connectivity index (χ2v) is 1.07. The zero-order valence-electron chi connectivity index (χ0n) is 3.79. The predicted octanol–water partition coefficient (Wildman–Crippen LogP) is -1.36. The van der Waals surface area contributed by atoms with Gasteiger partial charge in [0.1, 0.15) is 0 Å². The maximum atomic E-state index is 5.19. The van der Waals surface area contributed by atoms with E-state index in [2.05, 4.69) is 0 Å². The first-order valence-corrected chi connectivity index (χ1v) is 2.01. The van der Waals surface area contributed by atoms with Gasteiger partial charge in [-0.25, -0.2) is 0 Å². The van der Waals surface area contributed by atoms with Crippen LogP contribution in [0.4, 0.5) is 0 Å². The molecular formula is C3H7ClNa+. The van der Waals surface area contributed by atoms with Gasteiger partial charge in [-0.2, -0.15) is 0 Å². The summed E-state index contributed by atoms with van der Waals surface area (Å²) >= 11 is 5.19. The van der Waals surface area contributed by atoms with E-state index in [1.165, 1.54) is 0 Å². The van der Waals surface area contributed by atoms with Gasteiger partial charge in [0.05, 0.1) is 0 Å². The molecule has 0 aromatic heterocycles. The molecule has 2 heteroatoms. The molecule has 0 saturated carbocycles. The summed E-state index contributed by atoms with van der Waals surface area (Å²) in [7, 11) is 0. The van der Waals surface area contributed by atoms with Gasteiger partial charge < -0.3 is 0 Å². The van der Waals surface area contributed by atoms with E-state index in [4.69, 9.17) is 11.6 Å². The molecule has 5 heavy (non-hydrogen) atoms. The van der Waals surface area contributed by atoms with E-state index in [0.717, 1.165) is 12.3 Å². The summed E-state index contributed by atoms with van der Waals surface area (Å²) < 4.78 is 0. The van der Waals surface area contributed by atoms with Gasteiger partial charge in [-0.05, 0) is 6.42 Å². The quantitative estimate of drug-likeness (QED) is 0.283. The van der Waals surface area contributed by atoms with Crippen molar-refractivity contribution in [1.29, 1.82) is 0 Å². The van der Waals surface area contributed by atoms with Crippen molar-refractivity contribution in [1.82, 2.24) is 0 Å². The summed E-state index contributed by atoms with van der Waals surface area (Å²) in [6.07, 6.45) is 1.08. The summed E-state index contributed by atoms with van der Waals surface area (Å²) in [5.74, 6) is 0.792. The maximum absolute atomic E-state index is 5.19. The van der Waals surface area contributed by atoms with E-state index in [1.807, 2.05) is 6.92 Å². The average molecular weight is 102 g/mol. The molecule has 0 aromatic carbocycles. The minimum absolute atomic E-state index is 0. The van der Waals surface area contributed by atoms with Crippen LogP contribution in [0.5, 0.6) is 0 Å². The van der Waals surface area contributed by atoms with Crippen LogP contribution in [0, 0.1) is 0 Å². The number of halogens is 1. The Hall–Kier alpha value is 1.29. The van der Waals surface area contributed by atoms with Crippen LogP contribution in [-0.2, 0) is 0 Å². The second-order valence-electron chi connectivity index (χ2n) is 0.689. The van der Waals surface area contributed by atoms with Crippen LogP contribution in [0.3, 0.4) is 0 Å². The summed E-state index contributed by atoms with van der Waals surface area (Å²) in [6, 6.07) is 0. The zero-order chi connectivity index (χ0) is 3.41. The zero-order valence-corrected chi connectivity index (χ0v) is 6.55. The Kier molecular flexibility index (Phi) is 17.2. The molecule has 0 heterocycles. The topological polar surface area (TPSA) is 0 Å². The van der Waals surface area contributed by atoms with Gasteiger partial charge in [0, 0.05) is 5.88 Å². The van der Waals surface area contributed by atoms with Crippen molar-refractivity contribution in [2.24, 2.45) is 0 Å². The van der Waals surface area contributed by atoms with Crippen LogP contribution in [-0.4, -0.2) is 5.88 Å². The predicted molar refractivity (Wildman–Crippen MR) is 21.0 cm³/mol. The molecule has 0 saturated heterocycles. The number of alkyl halides is 1. The maximum Gasteiger partial charge on any atom is 1.00 e. The molecule has 0 radical (unpaired) electrons. The molecular weight excluding hydrogens is 94.5 g/mol. The normalized spacial score (nSPS) is 6.00. The van der Waals surface area contributed by atoms with Crippen LogP contribution in [0.2, 0.25) is 0 Å². The molecule has 0 amide bonds. The smallest absolute Gasteiger partial charge is 0.127 e. The molecule has 0 aliphatic carbocycles. The Bertz CT molecular complexity index is 8.85. The van der Waals surface area contributed by atoms with Crippen molar-refractivity contribution in [2.75, 3.05) is 5.88 Å². The van der Waals surface area contributed by atoms with Crippen molar-refractivity contribution in [2.45, 2.75) is 13.3 Å². The van der Waals surface area contributed by atoms with Gasteiger partial charge in [0.25, 0.3) is 0 Å². The van der Waals surface area contributed by atoms with Crippen molar-refractivity contribution >= 4 is 11.6 Å². The summed E-state index contributed by atoms with van der Waals surface area (Å²) in [5.41, 5.74) is 0. The van der Waals surface area contributed by atoms with Gasteiger partial charge in [-0.3, -0.25) is 0 Å². The molecule has 0 spiro atoms. The van der Waals surface area contributed by atoms with Crippen LogP contribution in [0.1, 0.15) is 13.3 Å². The van der Waals surface area contributed by atoms with Crippen molar-refractivity contribution < 1.29 is 29.6 Å². The standard InChI is InChI=1S/C3H7Cl.Na/c1-2-3-4;/h2-3H2,1H3;/q;+1. The molecule has 0 aliphatic rings. The Morgan fingerprint density at radius 3 is 1.80 bits per heavy atom. The van der Waals surface area contributed by atoms with Crippen LogP contribution < -0.4 is 29.6 Å². The molecule has 0 aromatic rings. The van der Waals surface area contributed by atoms with Crippen molar-refractivity contribution in [3.05, 3.63) is 0 Å². The Labute approximate surface area is 60.2 Å². The largest absolute Gasteiger partial charge is 1.00 e. The molecule has 0 atom stereocenters. The molecule has 0 bridgehead atoms. The summed E-state index contributed by atoms with van der Waals surface area (Å²) in [4.78, 5) is 0. The SMILES string of the molecule is CCCCl.[Na+]. The van der Waals surface area contributed by atoms with Crippen LogP contribution in [0.15, 0.2) is 0 Å². The van der Waals surface area contributed by atoms with Gasteiger partial charge >= 0.3 is 29.6 Å². The molecule has 0 nitrogen and oxygen atoms in total. The van der Waals surface area contributed by atoms with E-state index < -0.39 is 0 Å². The summed E-state index contributed by atoms with van der Waals surface area (Å²) in [5, 5.41) is 0. The minimum atomic E-state index is 0. The van der Waals surface area contributed by atoms with E-state index >= 15 is 0 Å². The first-order chi connectivity index (χ1) is 1.91. The summed E-state index contributed by atoms with van der Waals surface area (Å²) in [6.45, 7) is 2.05. The molecule has 0 N–H and O–H groups in total. The van der Waals surface area contributed by atoms with Gasteiger partial charge in [0.15, 0.2) is 0 Å². The minimum Gasteiger partial charge on any atom is -0.127 e. The Balaban J connectivity index is 0. The third-order valence-electron chi connectivity index (χ3n) is 0.189. The number of hydrogen-bond acceptors (Lipinski definition) is 0. The third kappa shape index (κ3) is 10.9. The Morgan fingerprint density at radius 1 is 1.60 bits per heavy atom. The fraction of sp³-hybridized carbons (Fsp3) is 1.00. The molecule has 26 valence electrons. The van der Waals surface area contributed by atoms with Gasteiger partial charge in [-0.15, -0.1) is 11.6 Å².